The molecule has 12 unspecified atom stereocenters. The van der Waals surface area contributed by atoms with Crippen LogP contribution in [0.15, 0.2) is 12.1 Å². The van der Waals surface area contributed by atoms with Gasteiger partial charge >= 0.3 is 0 Å². The Balaban J connectivity index is 0.000000103. The van der Waals surface area contributed by atoms with E-state index in [4.69, 9.17) is 5.26 Å². The van der Waals surface area contributed by atoms with Gasteiger partial charge in [-0.05, 0) is 339 Å². The van der Waals surface area contributed by atoms with Crippen molar-refractivity contribution >= 4 is 5.82 Å². The first-order valence-electron chi connectivity index (χ1n) is 37.5. The van der Waals surface area contributed by atoms with Gasteiger partial charge in [-0.25, -0.2) is 0 Å². The van der Waals surface area contributed by atoms with Crippen molar-refractivity contribution in [1.29, 1.82) is 15.8 Å². The molecule has 20 bridgehead atoms. The van der Waals surface area contributed by atoms with Crippen molar-refractivity contribution < 1.29 is 10.2 Å². The molecule has 2 saturated heterocycles. The number of hydrogen-bond donors (Lipinski definition) is 2. The van der Waals surface area contributed by atoms with Crippen molar-refractivity contribution in [2.75, 3.05) is 4.90 Å². The van der Waals surface area contributed by atoms with Gasteiger partial charge in [0.2, 0.25) is 0 Å². The summed E-state index contributed by atoms with van der Waals surface area (Å²) in [6.07, 6.45) is 39.5. The van der Waals surface area contributed by atoms with Crippen LogP contribution in [0.5, 0.6) is 0 Å². The molecule has 21 rings (SSSR count). The Morgan fingerprint density at radius 1 is 0.425 bits per heavy atom. The number of anilines is 1. The molecule has 18 saturated carbocycles. The molecule has 0 aromatic carbocycles. The molecule has 0 radical (unpaired) electrons. The minimum atomic E-state index is -0.256. The normalized spacial score (nSPS) is 47.6. The predicted octanol–water partition coefficient (Wildman–Crippen LogP) is 19.0. The molecule has 20 fully saturated rings. The standard InChI is InChI=1S/C15H20N4.2C14H21N.2C13H22O.C10H18/c1-10(2)11-7-13-4-5-14(8-11)19(13)15-6-3-12(9-16)17-18-15;1-10(2)14-6-11-3-12(7-14)5-13(4-11,8-14)9-15;1-9(2)13-11-3-10-4-12(13)7-14(5-10,6-11)8-15;1-9(2)12-4-10-3-11(5-12)7-13(14,6-10)8-12;1-8(2)12-10-3-9-4-11(12)7-13(14,5-9)6-10;1-7(2)10-6-8-3-4-9(10)5-8/h3,6,10-11,13-14H,4-5,7-8H2,1-2H3;10-12H,3-8H2,1-2H3;9-13H,3-7H2,1-2H3;9-11,14H,3-8H2,1-2H3;8-12,14H,3-7H2,1-2H3;7-10H,3-6H2,1-2H3/t11?,13-,14+;11-,12+,13?,14?;;10-,11+,12?,13?;9?,10-,11+,12?,13?;8?,9?,10-/m.....1/s1. The van der Waals surface area contributed by atoms with E-state index in [1.807, 2.05) is 12.1 Å². The van der Waals surface area contributed by atoms with Crippen LogP contribution in [0, 0.1) is 186 Å². The molecule has 87 heavy (non-hydrogen) atoms. The van der Waals surface area contributed by atoms with Gasteiger partial charge in [0.25, 0.3) is 0 Å². The van der Waals surface area contributed by atoms with Gasteiger partial charge in [-0.1, -0.05) is 89.5 Å². The number of aliphatic hydroxyl groups is 2. The number of nitriles is 3. The molecule has 0 amide bonds. The molecule has 2 aliphatic heterocycles. The van der Waals surface area contributed by atoms with Crippen molar-refractivity contribution in [3.8, 4) is 18.2 Å². The fourth-order valence-electron chi connectivity index (χ4n) is 27.3. The highest BCUT2D eigenvalue weighted by Crippen LogP contribution is 2.68. The highest BCUT2D eigenvalue weighted by Gasteiger charge is 2.61. The van der Waals surface area contributed by atoms with Crippen LogP contribution in [0.1, 0.15) is 281 Å². The Labute approximate surface area is 531 Å². The number of fused-ring (bicyclic) bond motifs is 4. The summed E-state index contributed by atoms with van der Waals surface area (Å²) in [5.41, 5.74) is 1.17. The maximum Gasteiger partial charge on any atom is 0.163 e. The number of piperidine rings is 1. The van der Waals surface area contributed by atoms with Crippen LogP contribution in [0.4, 0.5) is 5.82 Å². The minimum absolute atomic E-state index is 0.0916. The minimum Gasteiger partial charge on any atom is -0.390 e. The maximum atomic E-state index is 10.5. The number of nitrogens with zero attached hydrogens (tertiary/aromatic N) is 6. The highest BCUT2D eigenvalue weighted by atomic mass is 16.3. The molecule has 1 aromatic rings. The van der Waals surface area contributed by atoms with Crippen molar-refractivity contribution in [1.82, 2.24) is 10.2 Å². The average molecular weight is 1190 g/mol. The largest absolute Gasteiger partial charge is 0.390 e. The van der Waals surface area contributed by atoms with E-state index in [2.05, 4.69) is 110 Å². The van der Waals surface area contributed by atoms with E-state index >= 15 is 0 Å². The zero-order valence-electron chi connectivity index (χ0n) is 57.3. The zero-order chi connectivity index (χ0) is 61.8. The lowest BCUT2D eigenvalue weighted by Crippen LogP contribution is -2.57. The van der Waals surface area contributed by atoms with Crippen molar-refractivity contribution in [2.45, 2.75) is 299 Å². The molecule has 3 heterocycles. The lowest BCUT2D eigenvalue weighted by molar-refractivity contribution is -0.177. The monoisotopic (exact) mass is 1190 g/mol. The van der Waals surface area contributed by atoms with Gasteiger partial charge in [0.05, 0.1) is 34.2 Å². The summed E-state index contributed by atoms with van der Waals surface area (Å²) in [7, 11) is 0. The number of hydrogen-bond acceptors (Lipinski definition) is 8. The van der Waals surface area contributed by atoms with Crippen LogP contribution >= 0.6 is 0 Å². The Morgan fingerprint density at radius 2 is 0.897 bits per heavy atom. The molecule has 482 valence electrons. The predicted molar refractivity (Wildman–Crippen MR) is 351 cm³/mol. The summed E-state index contributed by atoms with van der Waals surface area (Å²) in [6, 6.07) is 12.3. The molecule has 2 N–H and O–H groups in total. The fourth-order valence-corrected chi connectivity index (χ4v) is 27.3. The van der Waals surface area contributed by atoms with Gasteiger partial charge in [-0.2, -0.15) is 15.8 Å². The van der Waals surface area contributed by atoms with Gasteiger partial charge in [-0.15, -0.1) is 10.2 Å². The van der Waals surface area contributed by atoms with Crippen LogP contribution < -0.4 is 4.90 Å². The quantitative estimate of drug-likeness (QED) is 0.275. The van der Waals surface area contributed by atoms with Gasteiger partial charge in [-0.3, -0.25) is 0 Å². The molecule has 8 heteroatoms. The van der Waals surface area contributed by atoms with Crippen LogP contribution in [0.3, 0.4) is 0 Å². The van der Waals surface area contributed by atoms with Gasteiger partial charge in [0, 0.05) is 12.1 Å². The second-order valence-corrected chi connectivity index (χ2v) is 37.5. The van der Waals surface area contributed by atoms with Gasteiger partial charge in [0.1, 0.15) is 6.07 Å². The summed E-state index contributed by atoms with van der Waals surface area (Å²) >= 11 is 0. The van der Waals surface area contributed by atoms with Crippen molar-refractivity contribution in [3.63, 3.8) is 0 Å². The Hall–Kier alpha value is -2.73. The summed E-state index contributed by atoms with van der Waals surface area (Å²) in [4.78, 5) is 2.45. The number of aromatic nitrogens is 2. The Bertz CT molecular complexity index is 2600. The fraction of sp³-hybridized carbons (Fsp3) is 0.911. The zero-order valence-corrected chi connectivity index (χ0v) is 57.3. The topological polar surface area (TPSA) is 141 Å². The lowest BCUT2D eigenvalue weighted by Gasteiger charge is -2.62. The Morgan fingerprint density at radius 3 is 1.29 bits per heavy atom. The highest BCUT2D eigenvalue weighted by molar-refractivity contribution is 5.44. The van der Waals surface area contributed by atoms with E-state index in [0.29, 0.717) is 28.6 Å². The van der Waals surface area contributed by atoms with Crippen LogP contribution in [0.25, 0.3) is 0 Å². The number of rotatable bonds is 7. The smallest absolute Gasteiger partial charge is 0.163 e. The third-order valence-electron chi connectivity index (χ3n) is 29.7. The molecule has 20 aliphatic rings. The molecule has 1 aromatic heterocycles. The third kappa shape index (κ3) is 12.8. The second kappa shape index (κ2) is 24.6. The Kier molecular flexibility index (Phi) is 18.2. The maximum absolute atomic E-state index is 10.5. The van der Waals surface area contributed by atoms with Crippen molar-refractivity contribution in [2.24, 2.45) is 152 Å². The van der Waals surface area contributed by atoms with Crippen LogP contribution in [-0.2, 0) is 0 Å². The average Bonchev–Trinajstić information content (AvgIpc) is 1.58. The van der Waals surface area contributed by atoms with Gasteiger partial charge < -0.3 is 15.1 Å². The van der Waals surface area contributed by atoms with Gasteiger partial charge in [0.15, 0.2) is 11.5 Å². The molecule has 21 atom stereocenters. The van der Waals surface area contributed by atoms with Crippen molar-refractivity contribution in [3.05, 3.63) is 17.8 Å². The second-order valence-electron chi connectivity index (χ2n) is 37.5. The first-order valence-corrected chi connectivity index (χ1v) is 37.5. The first kappa shape index (κ1) is 64.4. The van der Waals surface area contributed by atoms with Crippen LogP contribution in [-0.4, -0.2) is 43.7 Å². The summed E-state index contributed by atoms with van der Waals surface area (Å²) < 4.78 is 0. The van der Waals surface area contributed by atoms with E-state index in [-0.39, 0.29) is 22.0 Å². The lowest BCUT2D eigenvalue weighted by atomic mass is 9.42. The van der Waals surface area contributed by atoms with E-state index in [9.17, 15) is 20.7 Å². The van der Waals surface area contributed by atoms with E-state index in [1.165, 1.54) is 128 Å². The summed E-state index contributed by atoms with van der Waals surface area (Å²) in [5.74, 6) is 20.7. The SMILES string of the molecule is CC(C)C12C[C@@H]3C[C@@H](CC(C#N)(C3)C1)C2.CC(C)C12C[C@@H]3C[C@@H](CC(O)(C3)C1)C2.CC(C)C1C2CC3CC1CC(C#N)(C3)C2.CC(C)C1C[C@H]2CC[C@@H](C1)N2c1ccc(C#N)nn1.CC(C)C1[C@@H]2CC3C[C@H]1CC(O)(C3)C2.CC(C)[C@H]1CC2CCC1C2. The van der Waals surface area contributed by atoms with E-state index < -0.39 is 0 Å². The molecule has 18 aliphatic carbocycles. The molecule has 0 spiro atoms. The van der Waals surface area contributed by atoms with E-state index in [1.54, 1.807) is 31.7 Å². The van der Waals surface area contributed by atoms with Crippen LogP contribution in [0.2, 0.25) is 0 Å². The molecular weight excluding hydrogens is 1060 g/mol. The third-order valence-corrected chi connectivity index (χ3v) is 29.7. The summed E-state index contributed by atoms with van der Waals surface area (Å²) in [6.45, 7) is 28.4. The first-order chi connectivity index (χ1) is 41.3. The molecular formula is C79H124N6O2. The molecule has 8 nitrogen and oxygen atoms in total. The summed E-state index contributed by atoms with van der Waals surface area (Å²) in [5, 5.41) is 56.8. The van der Waals surface area contributed by atoms with E-state index in [0.717, 1.165) is 175 Å².